The van der Waals surface area contributed by atoms with Gasteiger partial charge in [-0.05, 0) is 42.3 Å². The Labute approximate surface area is 251 Å². The van der Waals surface area contributed by atoms with Gasteiger partial charge in [0.2, 0.25) is 0 Å². The molecule has 0 saturated heterocycles. The van der Waals surface area contributed by atoms with Crippen LogP contribution in [0.5, 0.6) is 0 Å². The summed E-state index contributed by atoms with van der Waals surface area (Å²) in [6.07, 6.45) is 0.389. The molecule has 0 heterocycles. The van der Waals surface area contributed by atoms with E-state index in [-0.39, 0.29) is 0 Å². The largest absolute Gasteiger partial charge is 0.349 e. The van der Waals surface area contributed by atoms with Crippen molar-refractivity contribution in [1.82, 2.24) is 44.1 Å². The summed E-state index contributed by atoms with van der Waals surface area (Å²) >= 11 is 0. The topological polar surface area (TPSA) is 38.2 Å². The second-order valence-corrected chi connectivity index (χ2v) is 12.2. The summed E-state index contributed by atoms with van der Waals surface area (Å²) in [5, 5.41) is 0. The molecule has 40 heavy (non-hydrogen) atoms. The van der Waals surface area contributed by atoms with Crippen LogP contribution in [0.1, 0.15) is 0 Å². The molecule has 0 unspecified atom stereocenters. The van der Waals surface area contributed by atoms with Gasteiger partial charge in [-0.25, -0.2) is 0 Å². The van der Waals surface area contributed by atoms with Crippen molar-refractivity contribution in [1.29, 1.82) is 0 Å². The molecule has 0 aliphatic heterocycles. The molecule has 0 N–H and O–H groups in total. The van der Waals surface area contributed by atoms with Crippen LogP contribution >= 0.6 is 0 Å². The SMILES string of the molecule is CN(C)C(N(C)C)=[N+](C)C.CN(C)C(N(C)C)=[N+](C)C.CN(C)C(N(C)C)=[N+](C)C.CN(C)C(N(C)C)N(C)C. The fourth-order valence-electron chi connectivity index (χ4n) is 4.99. The van der Waals surface area contributed by atoms with Gasteiger partial charge in [-0.3, -0.25) is 57.8 Å². The minimum Gasteiger partial charge on any atom is -0.282 e. The average molecular weight is 578 g/mol. The van der Waals surface area contributed by atoms with E-state index in [1.165, 1.54) is 17.9 Å². The number of nitrogens with zero attached hydrogens (tertiary/aromatic N) is 12. The van der Waals surface area contributed by atoms with Crippen molar-refractivity contribution in [2.45, 2.75) is 6.29 Å². The van der Waals surface area contributed by atoms with Gasteiger partial charge in [0.25, 0.3) is 0 Å². The highest BCUT2D eigenvalue weighted by molar-refractivity contribution is 5.74. The van der Waals surface area contributed by atoms with E-state index in [2.05, 4.69) is 100 Å². The minimum atomic E-state index is 0.389. The summed E-state index contributed by atoms with van der Waals surface area (Å²) in [7, 11) is 49.1. The Morgan fingerprint density at radius 3 is 0.425 bits per heavy atom. The normalized spacial score (nSPS) is 9.90. The molecule has 0 spiro atoms. The molecule has 0 bridgehead atoms. The fourth-order valence-corrected chi connectivity index (χ4v) is 4.99. The van der Waals surface area contributed by atoms with E-state index < -0.39 is 0 Å². The molecule has 0 aromatic carbocycles. The second-order valence-electron chi connectivity index (χ2n) is 12.2. The monoisotopic (exact) mass is 578 g/mol. The molecule has 0 aliphatic rings. The summed E-state index contributed by atoms with van der Waals surface area (Å²) in [5.74, 6) is 3.58. The third-order valence-electron chi connectivity index (χ3n) is 4.99. The van der Waals surface area contributed by atoms with Gasteiger partial charge in [-0.15, -0.1) is 0 Å². The molecule has 0 aromatic heterocycles. The Bertz CT molecular complexity index is 605. The third-order valence-corrected chi connectivity index (χ3v) is 4.99. The molecule has 0 atom stereocenters. The zero-order chi connectivity index (χ0) is 33.2. The molecule has 0 amide bonds. The molecule has 0 aromatic rings. The second kappa shape index (κ2) is 22.4. The van der Waals surface area contributed by atoms with Crippen molar-refractivity contribution in [2.75, 3.05) is 169 Å². The van der Waals surface area contributed by atoms with Crippen LogP contribution in [-0.2, 0) is 0 Å². The van der Waals surface area contributed by atoms with E-state index in [1.807, 2.05) is 127 Å². The first kappa shape index (κ1) is 44.7. The number of hydrogen-bond donors (Lipinski definition) is 0. The van der Waals surface area contributed by atoms with Gasteiger partial charge in [0.15, 0.2) is 0 Å². The van der Waals surface area contributed by atoms with E-state index in [1.54, 1.807) is 0 Å². The minimum absolute atomic E-state index is 0.389. The van der Waals surface area contributed by atoms with E-state index in [0.29, 0.717) is 6.29 Å². The van der Waals surface area contributed by atoms with Crippen LogP contribution in [-0.4, -0.2) is 251 Å². The highest BCUT2D eigenvalue weighted by atomic mass is 15.5. The predicted molar refractivity (Wildman–Crippen MR) is 178 cm³/mol. The van der Waals surface area contributed by atoms with Crippen LogP contribution in [0.25, 0.3) is 0 Å². The highest BCUT2D eigenvalue weighted by Gasteiger charge is 2.15. The Morgan fingerprint density at radius 1 is 0.300 bits per heavy atom. The van der Waals surface area contributed by atoms with E-state index in [0.717, 1.165) is 0 Å². The lowest BCUT2D eigenvalue weighted by atomic mass is 10.6. The summed E-state index contributed by atoms with van der Waals surface area (Å²) in [6.45, 7) is 0. The number of rotatable bonds is 3. The Morgan fingerprint density at radius 2 is 0.425 bits per heavy atom. The fraction of sp³-hybridized carbons (Fsp3) is 0.893. The van der Waals surface area contributed by atoms with Crippen molar-refractivity contribution in [3.05, 3.63) is 0 Å². The van der Waals surface area contributed by atoms with Gasteiger partial charge in [0, 0.05) is 0 Å². The van der Waals surface area contributed by atoms with Gasteiger partial charge in [0.05, 0.1) is 127 Å². The van der Waals surface area contributed by atoms with Gasteiger partial charge < -0.3 is 0 Å². The van der Waals surface area contributed by atoms with Crippen molar-refractivity contribution in [2.24, 2.45) is 0 Å². The quantitative estimate of drug-likeness (QED) is 0.185. The molecule has 0 rings (SSSR count). The third kappa shape index (κ3) is 20.6. The van der Waals surface area contributed by atoms with Gasteiger partial charge in [0.1, 0.15) is 6.29 Å². The average Bonchev–Trinajstić information content (AvgIpc) is 2.64. The molecule has 0 saturated carbocycles. The van der Waals surface area contributed by atoms with Crippen LogP contribution in [0.4, 0.5) is 0 Å². The maximum atomic E-state index is 2.17. The predicted octanol–water partition coefficient (Wildman–Crippen LogP) is -0.832. The van der Waals surface area contributed by atoms with Gasteiger partial charge >= 0.3 is 17.9 Å². The van der Waals surface area contributed by atoms with Crippen LogP contribution < -0.4 is 0 Å². The molecule has 0 radical (unpaired) electrons. The lowest BCUT2D eigenvalue weighted by Crippen LogP contribution is -2.50. The van der Waals surface area contributed by atoms with E-state index >= 15 is 0 Å². The maximum absolute atomic E-state index is 2.17. The van der Waals surface area contributed by atoms with E-state index in [4.69, 9.17) is 0 Å². The lowest BCUT2D eigenvalue weighted by Gasteiger charge is -2.35. The Kier molecular flexibility index (Phi) is 25.0. The van der Waals surface area contributed by atoms with E-state index in [9.17, 15) is 0 Å². The van der Waals surface area contributed by atoms with Crippen molar-refractivity contribution in [3.8, 4) is 0 Å². The van der Waals surface area contributed by atoms with Crippen molar-refractivity contribution >= 4 is 17.9 Å². The van der Waals surface area contributed by atoms with Crippen LogP contribution in [0.2, 0.25) is 0 Å². The molecule has 242 valence electrons. The highest BCUT2D eigenvalue weighted by Crippen LogP contribution is 1.98. The molecule has 12 heteroatoms. The summed E-state index contributed by atoms with van der Waals surface area (Å²) in [5.41, 5.74) is 0. The first-order valence-electron chi connectivity index (χ1n) is 13.5. The Hall–Kier alpha value is -2.31. The molecule has 12 nitrogen and oxygen atoms in total. The Balaban J connectivity index is -0.000000216. The maximum Gasteiger partial charge on any atom is 0.349 e. The van der Waals surface area contributed by atoms with Crippen LogP contribution in [0.3, 0.4) is 0 Å². The summed E-state index contributed by atoms with van der Waals surface area (Å²) < 4.78 is 6.25. The first-order chi connectivity index (χ1) is 17.9. The summed E-state index contributed by atoms with van der Waals surface area (Å²) in [6, 6.07) is 0. The zero-order valence-electron chi connectivity index (χ0n) is 31.4. The first-order valence-corrected chi connectivity index (χ1v) is 13.5. The lowest BCUT2D eigenvalue weighted by molar-refractivity contribution is -0.475. The number of guanidine groups is 3. The summed E-state index contributed by atoms with van der Waals surface area (Å²) in [4.78, 5) is 19.0. The van der Waals surface area contributed by atoms with Gasteiger partial charge in [-0.1, -0.05) is 0 Å². The number of hydrogen-bond acceptors (Lipinski definition) is 3. The molecular formula is C28H73N12+3. The van der Waals surface area contributed by atoms with Gasteiger partial charge in [-0.2, -0.15) is 0 Å². The van der Waals surface area contributed by atoms with Crippen LogP contribution in [0, 0.1) is 0 Å². The zero-order valence-corrected chi connectivity index (χ0v) is 31.4. The molecule has 0 aliphatic carbocycles. The smallest absolute Gasteiger partial charge is 0.282 e. The molecule has 0 fully saturated rings. The van der Waals surface area contributed by atoms with Crippen LogP contribution in [0.15, 0.2) is 0 Å². The standard InChI is InChI=1S/C7H19N3.3C7H18N3/c4*1-8(2)7(9(3)4)10(5)6/h7H,1-6H3;3*1-6H3/q;3*+1. The molecular weight excluding hydrogens is 504 g/mol. The van der Waals surface area contributed by atoms with Crippen molar-refractivity contribution < 1.29 is 13.7 Å². The van der Waals surface area contributed by atoms with Crippen molar-refractivity contribution in [3.63, 3.8) is 0 Å².